The largest absolute Gasteiger partial charge is 0.491 e. The Bertz CT molecular complexity index is 404. The van der Waals surface area contributed by atoms with Gasteiger partial charge in [-0.1, -0.05) is 12.1 Å². The van der Waals surface area contributed by atoms with E-state index in [1.807, 2.05) is 24.3 Å². The van der Waals surface area contributed by atoms with Crippen molar-refractivity contribution >= 4 is 5.91 Å². The minimum atomic E-state index is -0.407. The van der Waals surface area contributed by atoms with Crippen molar-refractivity contribution in [2.45, 2.75) is 18.6 Å². The van der Waals surface area contributed by atoms with Gasteiger partial charge in [-0.25, -0.2) is 0 Å². The lowest BCUT2D eigenvalue weighted by molar-refractivity contribution is -0.118. The van der Waals surface area contributed by atoms with Gasteiger partial charge in [-0.3, -0.25) is 4.79 Å². The van der Waals surface area contributed by atoms with Gasteiger partial charge in [-0.2, -0.15) is 0 Å². The molecule has 1 heterocycles. The van der Waals surface area contributed by atoms with E-state index >= 15 is 0 Å². The third-order valence-electron chi connectivity index (χ3n) is 2.55. The monoisotopic (exact) mass is 236 g/mol. The molecule has 2 unspecified atom stereocenters. The second kappa shape index (κ2) is 5.16. The molecule has 0 spiro atoms. The van der Waals surface area contributed by atoms with Crippen molar-refractivity contribution in [3.05, 3.63) is 29.8 Å². The van der Waals surface area contributed by atoms with Crippen LogP contribution < -0.4 is 16.2 Å². The SMILES string of the molecule is NC(=O)CC(N)c1cccc(OCC2CO2)c1. The van der Waals surface area contributed by atoms with E-state index in [1.165, 1.54) is 0 Å². The molecular weight excluding hydrogens is 220 g/mol. The zero-order chi connectivity index (χ0) is 12.3. The maximum atomic E-state index is 10.8. The molecule has 5 heteroatoms. The summed E-state index contributed by atoms with van der Waals surface area (Å²) >= 11 is 0. The Labute approximate surface area is 99.7 Å². The number of amides is 1. The molecular formula is C12H16N2O3. The summed E-state index contributed by atoms with van der Waals surface area (Å²) in [4.78, 5) is 10.8. The Hall–Kier alpha value is -1.59. The summed E-state index contributed by atoms with van der Waals surface area (Å²) in [5.74, 6) is 0.327. The molecule has 0 aromatic heterocycles. The fourth-order valence-electron chi connectivity index (χ4n) is 1.52. The Kier molecular flexibility index (Phi) is 3.61. The first kappa shape index (κ1) is 11.9. The summed E-state index contributed by atoms with van der Waals surface area (Å²) in [6.45, 7) is 1.31. The van der Waals surface area contributed by atoms with Crippen LogP contribution in [0.1, 0.15) is 18.0 Å². The second-order valence-corrected chi connectivity index (χ2v) is 4.12. The normalized spacial score (nSPS) is 19.7. The van der Waals surface area contributed by atoms with Crippen LogP contribution in [0.2, 0.25) is 0 Å². The van der Waals surface area contributed by atoms with Crippen molar-refractivity contribution in [2.75, 3.05) is 13.2 Å². The van der Waals surface area contributed by atoms with E-state index in [0.29, 0.717) is 6.61 Å². The first-order chi connectivity index (χ1) is 8.15. The van der Waals surface area contributed by atoms with Crippen molar-refractivity contribution in [1.82, 2.24) is 0 Å². The molecule has 1 saturated heterocycles. The van der Waals surface area contributed by atoms with Gasteiger partial charge in [0.1, 0.15) is 18.5 Å². The van der Waals surface area contributed by atoms with Gasteiger partial charge in [-0.15, -0.1) is 0 Å². The molecule has 1 aliphatic rings. The molecule has 92 valence electrons. The van der Waals surface area contributed by atoms with Gasteiger partial charge in [-0.05, 0) is 17.7 Å². The summed E-state index contributed by atoms with van der Waals surface area (Å²) in [5.41, 5.74) is 11.8. The Morgan fingerprint density at radius 1 is 1.59 bits per heavy atom. The minimum absolute atomic E-state index is 0.134. The van der Waals surface area contributed by atoms with Crippen molar-refractivity contribution in [2.24, 2.45) is 11.5 Å². The molecule has 1 fully saturated rings. The van der Waals surface area contributed by atoms with Crippen LogP contribution in [0.25, 0.3) is 0 Å². The van der Waals surface area contributed by atoms with Gasteiger partial charge in [0.2, 0.25) is 5.91 Å². The second-order valence-electron chi connectivity index (χ2n) is 4.12. The number of nitrogens with two attached hydrogens (primary N) is 2. The molecule has 1 amide bonds. The third kappa shape index (κ3) is 3.72. The van der Waals surface area contributed by atoms with E-state index in [9.17, 15) is 4.79 Å². The van der Waals surface area contributed by atoms with Crippen LogP contribution in [0.3, 0.4) is 0 Å². The van der Waals surface area contributed by atoms with E-state index in [1.54, 1.807) is 0 Å². The summed E-state index contributed by atoms with van der Waals surface area (Å²) in [6.07, 6.45) is 0.354. The highest BCUT2D eigenvalue weighted by Crippen LogP contribution is 2.21. The lowest BCUT2D eigenvalue weighted by Gasteiger charge is -2.11. The molecule has 0 radical (unpaired) electrons. The lowest BCUT2D eigenvalue weighted by atomic mass is 10.0. The van der Waals surface area contributed by atoms with Gasteiger partial charge < -0.3 is 20.9 Å². The molecule has 1 aromatic carbocycles. The van der Waals surface area contributed by atoms with Crippen LogP contribution in [0.4, 0.5) is 0 Å². The maximum absolute atomic E-state index is 10.8. The molecule has 0 bridgehead atoms. The van der Waals surface area contributed by atoms with Crippen molar-refractivity contribution in [3.63, 3.8) is 0 Å². The van der Waals surface area contributed by atoms with Crippen LogP contribution in [-0.2, 0) is 9.53 Å². The third-order valence-corrected chi connectivity index (χ3v) is 2.55. The fraction of sp³-hybridized carbons (Fsp3) is 0.417. The highest BCUT2D eigenvalue weighted by atomic mass is 16.6. The topological polar surface area (TPSA) is 90.9 Å². The molecule has 5 nitrogen and oxygen atoms in total. The molecule has 1 aromatic rings. The van der Waals surface area contributed by atoms with Crippen LogP contribution >= 0.6 is 0 Å². The van der Waals surface area contributed by atoms with Crippen LogP contribution in [-0.4, -0.2) is 25.2 Å². The predicted molar refractivity (Wildman–Crippen MR) is 62.4 cm³/mol. The number of carbonyl (C=O) groups is 1. The van der Waals surface area contributed by atoms with Gasteiger partial charge in [0.15, 0.2) is 0 Å². The summed E-state index contributed by atoms with van der Waals surface area (Å²) in [7, 11) is 0. The molecule has 0 saturated carbocycles. The van der Waals surface area contributed by atoms with Crippen molar-refractivity contribution in [3.8, 4) is 5.75 Å². The van der Waals surface area contributed by atoms with E-state index in [0.717, 1.165) is 17.9 Å². The number of primary amides is 1. The van der Waals surface area contributed by atoms with Crippen LogP contribution in [0.5, 0.6) is 5.75 Å². The number of carbonyl (C=O) groups excluding carboxylic acids is 1. The summed E-state index contributed by atoms with van der Waals surface area (Å²) < 4.78 is 10.6. The van der Waals surface area contributed by atoms with Gasteiger partial charge in [0.25, 0.3) is 0 Å². The molecule has 1 aliphatic heterocycles. The van der Waals surface area contributed by atoms with E-state index in [4.69, 9.17) is 20.9 Å². The van der Waals surface area contributed by atoms with Crippen molar-refractivity contribution < 1.29 is 14.3 Å². The Balaban J connectivity index is 1.96. The highest BCUT2D eigenvalue weighted by molar-refractivity contribution is 5.74. The highest BCUT2D eigenvalue weighted by Gasteiger charge is 2.23. The summed E-state index contributed by atoms with van der Waals surface area (Å²) in [5, 5.41) is 0. The van der Waals surface area contributed by atoms with Crippen LogP contribution in [0, 0.1) is 0 Å². The number of epoxide rings is 1. The number of ether oxygens (including phenoxy) is 2. The molecule has 2 atom stereocenters. The molecule has 4 N–H and O–H groups in total. The average molecular weight is 236 g/mol. The Morgan fingerprint density at radius 2 is 2.35 bits per heavy atom. The average Bonchev–Trinajstić information content (AvgIpc) is 3.10. The van der Waals surface area contributed by atoms with Gasteiger partial charge in [0.05, 0.1) is 6.61 Å². The number of hydrogen-bond donors (Lipinski definition) is 2. The first-order valence-electron chi connectivity index (χ1n) is 5.53. The number of hydrogen-bond acceptors (Lipinski definition) is 4. The zero-order valence-corrected chi connectivity index (χ0v) is 9.46. The van der Waals surface area contributed by atoms with Crippen LogP contribution in [0.15, 0.2) is 24.3 Å². The predicted octanol–water partition coefficient (Wildman–Crippen LogP) is 0.339. The lowest BCUT2D eigenvalue weighted by Crippen LogP contribution is -2.20. The molecule has 0 aliphatic carbocycles. The maximum Gasteiger partial charge on any atom is 0.219 e. The number of rotatable bonds is 6. The van der Waals surface area contributed by atoms with E-state index in [2.05, 4.69) is 0 Å². The first-order valence-corrected chi connectivity index (χ1v) is 5.53. The minimum Gasteiger partial charge on any atom is -0.491 e. The fourth-order valence-corrected chi connectivity index (χ4v) is 1.52. The molecule has 2 rings (SSSR count). The van der Waals surface area contributed by atoms with E-state index in [-0.39, 0.29) is 18.6 Å². The number of benzene rings is 1. The molecule has 17 heavy (non-hydrogen) atoms. The zero-order valence-electron chi connectivity index (χ0n) is 9.46. The summed E-state index contributed by atoms with van der Waals surface area (Å²) in [6, 6.07) is 7.00. The van der Waals surface area contributed by atoms with Crippen molar-refractivity contribution in [1.29, 1.82) is 0 Å². The Morgan fingerprint density at radius 3 is 3.00 bits per heavy atom. The standard InChI is InChI=1S/C12H16N2O3/c13-11(5-12(14)15)8-2-1-3-9(4-8)16-6-10-7-17-10/h1-4,10-11H,5-7,13H2,(H2,14,15). The van der Waals surface area contributed by atoms with E-state index < -0.39 is 5.91 Å². The quantitative estimate of drug-likeness (QED) is 0.697. The van der Waals surface area contributed by atoms with Gasteiger partial charge in [0, 0.05) is 12.5 Å². The van der Waals surface area contributed by atoms with Gasteiger partial charge >= 0.3 is 0 Å². The smallest absolute Gasteiger partial charge is 0.219 e.